The van der Waals surface area contributed by atoms with E-state index in [1.807, 2.05) is 0 Å². The van der Waals surface area contributed by atoms with Crippen LogP contribution in [0.4, 0.5) is 5.69 Å². The summed E-state index contributed by atoms with van der Waals surface area (Å²) in [5.74, 6) is -0.458. The molecule has 0 atom stereocenters. The number of hydrogen-bond acceptors (Lipinski definition) is 5. The van der Waals surface area contributed by atoms with Crippen molar-refractivity contribution in [2.75, 3.05) is 39.2 Å². The number of amides is 1. The Kier molecular flexibility index (Phi) is 6.80. The van der Waals surface area contributed by atoms with Gasteiger partial charge in [0.25, 0.3) is 5.91 Å². The van der Waals surface area contributed by atoms with E-state index in [9.17, 15) is 9.36 Å². The van der Waals surface area contributed by atoms with Crippen LogP contribution in [-0.4, -0.2) is 49.2 Å². The van der Waals surface area contributed by atoms with Crippen LogP contribution >= 0.6 is 7.60 Å². The molecular weight excluding hydrogens is 299 g/mol. The van der Waals surface area contributed by atoms with Crippen molar-refractivity contribution >= 4 is 24.5 Å². The average Bonchev–Trinajstić information content (AvgIpc) is 2.41. The van der Waals surface area contributed by atoms with Gasteiger partial charge in [-0.1, -0.05) is 0 Å². The Morgan fingerprint density at radius 3 is 2.67 bits per heavy atom. The molecule has 0 aliphatic rings. The van der Waals surface area contributed by atoms with Gasteiger partial charge in [-0.2, -0.15) is 0 Å². The van der Waals surface area contributed by atoms with E-state index >= 15 is 0 Å². The molecule has 0 aliphatic carbocycles. The molecule has 0 bridgehead atoms. The largest absolute Gasteiger partial charge is 0.398 e. The minimum absolute atomic E-state index is 0.0530. The third-order valence-electron chi connectivity index (χ3n) is 2.57. The number of rotatable bonds is 8. The van der Waals surface area contributed by atoms with Crippen LogP contribution in [0.25, 0.3) is 0 Å². The molecule has 1 aromatic rings. The maximum absolute atomic E-state index is 11.8. The van der Waals surface area contributed by atoms with Gasteiger partial charge in [0.15, 0.2) is 0 Å². The maximum atomic E-state index is 11.8. The molecule has 0 radical (unpaired) electrons. The van der Waals surface area contributed by atoms with Crippen molar-refractivity contribution in [2.45, 2.75) is 0 Å². The quantitative estimate of drug-likeness (QED) is 0.288. The number of benzene rings is 1. The van der Waals surface area contributed by atoms with Gasteiger partial charge < -0.3 is 30.3 Å². The van der Waals surface area contributed by atoms with Crippen LogP contribution in [0.1, 0.15) is 10.4 Å². The van der Waals surface area contributed by atoms with Crippen molar-refractivity contribution in [1.29, 1.82) is 0 Å². The second-order valence-electron chi connectivity index (χ2n) is 4.18. The summed E-state index contributed by atoms with van der Waals surface area (Å²) < 4.78 is 21.2. The number of ether oxygens (including phenoxy) is 2. The molecule has 0 saturated carbocycles. The van der Waals surface area contributed by atoms with Gasteiger partial charge in [0.2, 0.25) is 0 Å². The van der Waals surface area contributed by atoms with Crippen molar-refractivity contribution in [3.05, 3.63) is 23.8 Å². The molecule has 5 N–H and O–H groups in total. The molecule has 1 amide bonds. The highest BCUT2D eigenvalue weighted by Gasteiger charge is 2.22. The summed E-state index contributed by atoms with van der Waals surface area (Å²) in [7, 11) is -2.95. The van der Waals surface area contributed by atoms with Crippen LogP contribution in [0.2, 0.25) is 0 Å². The van der Waals surface area contributed by atoms with E-state index in [0.717, 1.165) is 6.07 Å². The molecule has 0 aromatic heterocycles. The summed E-state index contributed by atoms with van der Waals surface area (Å²) >= 11 is 0. The summed E-state index contributed by atoms with van der Waals surface area (Å²) in [4.78, 5) is 30.1. The van der Waals surface area contributed by atoms with E-state index in [-0.39, 0.29) is 23.1 Å². The fraction of sp³-hybridized carbons (Fsp3) is 0.417. The Morgan fingerprint density at radius 2 is 2.05 bits per heavy atom. The number of carbonyl (C=O) groups is 1. The Hall–Kier alpha value is -1.44. The lowest BCUT2D eigenvalue weighted by atomic mass is 10.2. The third-order valence-corrected chi connectivity index (χ3v) is 3.59. The highest BCUT2D eigenvalue weighted by Crippen LogP contribution is 2.35. The predicted octanol–water partition coefficient (Wildman–Crippen LogP) is -0.535. The topological polar surface area (TPSA) is 131 Å². The van der Waals surface area contributed by atoms with Crippen LogP contribution in [0.5, 0.6) is 0 Å². The van der Waals surface area contributed by atoms with E-state index in [1.54, 1.807) is 7.11 Å². The molecule has 0 aliphatic heterocycles. The smallest absolute Gasteiger partial charge is 0.358 e. The number of nitrogens with two attached hydrogens (primary N) is 1. The van der Waals surface area contributed by atoms with Crippen molar-refractivity contribution in [2.24, 2.45) is 0 Å². The average molecular weight is 318 g/mol. The molecule has 0 spiro atoms. The summed E-state index contributed by atoms with van der Waals surface area (Å²) in [5.41, 5.74) is 5.56. The number of nitrogens with one attached hydrogen (secondary N) is 1. The molecule has 0 fully saturated rings. The first-order chi connectivity index (χ1) is 9.86. The summed E-state index contributed by atoms with van der Waals surface area (Å²) in [6, 6.07) is 3.78. The minimum Gasteiger partial charge on any atom is -0.398 e. The Labute approximate surface area is 122 Å². The van der Waals surface area contributed by atoms with Gasteiger partial charge in [0.1, 0.15) is 0 Å². The van der Waals surface area contributed by atoms with Gasteiger partial charge in [-0.3, -0.25) is 9.36 Å². The Morgan fingerprint density at radius 1 is 1.33 bits per heavy atom. The molecule has 8 nitrogen and oxygen atoms in total. The molecule has 0 saturated heterocycles. The zero-order valence-corrected chi connectivity index (χ0v) is 12.5. The number of nitrogen functional groups attached to an aromatic ring is 1. The van der Waals surface area contributed by atoms with Gasteiger partial charge in [-0.15, -0.1) is 0 Å². The number of anilines is 1. The van der Waals surface area contributed by atoms with E-state index < -0.39 is 13.5 Å². The van der Waals surface area contributed by atoms with E-state index in [1.165, 1.54) is 12.1 Å². The third kappa shape index (κ3) is 5.82. The minimum atomic E-state index is -4.51. The number of carbonyl (C=O) groups excluding carboxylic acids is 1. The van der Waals surface area contributed by atoms with Gasteiger partial charge in [-0.25, -0.2) is 0 Å². The van der Waals surface area contributed by atoms with Gasteiger partial charge in [-0.05, 0) is 18.2 Å². The normalized spacial score (nSPS) is 11.4. The van der Waals surface area contributed by atoms with Gasteiger partial charge in [0, 0.05) is 24.9 Å². The van der Waals surface area contributed by atoms with Crippen LogP contribution in [0, 0.1) is 0 Å². The zero-order valence-electron chi connectivity index (χ0n) is 11.6. The second kappa shape index (κ2) is 8.11. The lowest BCUT2D eigenvalue weighted by molar-refractivity contribution is 0.0693. The molecule has 1 rings (SSSR count). The fourth-order valence-electron chi connectivity index (χ4n) is 1.52. The van der Waals surface area contributed by atoms with E-state index in [0.29, 0.717) is 19.8 Å². The lowest BCUT2D eigenvalue weighted by Gasteiger charge is -2.10. The first-order valence-electron chi connectivity index (χ1n) is 6.16. The number of hydrogen-bond donors (Lipinski definition) is 4. The van der Waals surface area contributed by atoms with Crippen LogP contribution in [0.15, 0.2) is 18.2 Å². The summed E-state index contributed by atoms with van der Waals surface area (Å²) in [6.07, 6.45) is 0. The summed E-state index contributed by atoms with van der Waals surface area (Å²) in [5, 5.41) is 2.22. The first kappa shape index (κ1) is 17.6. The van der Waals surface area contributed by atoms with Crippen molar-refractivity contribution in [3.63, 3.8) is 0 Å². The lowest BCUT2D eigenvalue weighted by Crippen LogP contribution is -2.28. The SMILES string of the molecule is COCCOCCNC(=O)c1ccc(N)c(P(=O)(O)O)c1. The summed E-state index contributed by atoms with van der Waals surface area (Å²) in [6.45, 7) is 1.49. The fourth-order valence-corrected chi connectivity index (χ4v) is 2.24. The van der Waals surface area contributed by atoms with Gasteiger partial charge >= 0.3 is 7.60 Å². The van der Waals surface area contributed by atoms with E-state index in [4.69, 9.17) is 25.0 Å². The molecular formula is C12H19N2O6P. The van der Waals surface area contributed by atoms with E-state index in [2.05, 4.69) is 5.32 Å². The maximum Gasteiger partial charge on any atom is 0.358 e. The van der Waals surface area contributed by atoms with Crippen LogP contribution in [-0.2, 0) is 14.0 Å². The predicted molar refractivity (Wildman–Crippen MR) is 77.6 cm³/mol. The molecule has 0 heterocycles. The molecule has 1 aromatic carbocycles. The second-order valence-corrected chi connectivity index (χ2v) is 5.75. The van der Waals surface area contributed by atoms with Crippen molar-refractivity contribution in [3.8, 4) is 0 Å². The Bertz CT molecular complexity index is 530. The molecule has 9 heteroatoms. The number of methoxy groups -OCH3 is 1. The van der Waals surface area contributed by atoms with Gasteiger partial charge in [0.05, 0.1) is 25.1 Å². The highest BCUT2D eigenvalue weighted by atomic mass is 31.2. The standard InChI is InChI=1S/C12H19N2O6P/c1-19-6-7-20-5-4-14-12(15)9-2-3-10(13)11(8-9)21(16,17)18/h2-3,8H,4-7,13H2,1H3,(H,14,15)(H2,16,17,18). The monoisotopic (exact) mass is 318 g/mol. The Balaban J connectivity index is 2.57. The van der Waals surface area contributed by atoms with Crippen LogP contribution < -0.4 is 16.4 Å². The van der Waals surface area contributed by atoms with Crippen molar-refractivity contribution < 1.29 is 28.6 Å². The molecule has 0 unspecified atom stereocenters. The first-order valence-corrected chi connectivity index (χ1v) is 7.78. The molecule has 21 heavy (non-hydrogen) atoms. The van der Waals surface area contributed by atoms with Crippen molar-refractivity contribution in [1.82, 2.24) is 5.32 Å². The zero-order chi connectivity index (χ0) is 15.9. The highest BCUT2D eigenvalue weighted by molar-refractivity contribution is 7.60. The molecule has 118 valence electrons. The van der Waals surface area contributed by atoms with Crippen LogP contribution in [0.3, 0.4) is 0 Å².